The van der Waals surface area contributed by atoms with Crippen LogP contribution in [-0.4, -0.2) is 21.0 Å². The van der Waals surface area contributed by atoms with Gasteiger partial charge in [-0.25, -0.2) is 0 Å². The molecule has 0 radical (unpaired) electrons. The lowest BCUT2D eigenvalue weighted by molar-refractivity contribution is -0.384. The van der Waals surface area contributed by atoms with Crippen LogP contribution in [0, 0.1) is 17.0 Å². The second-order valence-electron chi connectivity index (χ2n) is 5.15. The van der Waals surface area contributed by atoms with Gasteiger partial charge in [-0.2, -0.15) is 0 Å². The Bertz CT molecular complexity index is 847. The zero-order valence-corrected chi connectivity index (χ0v) is 14.0. The number of nitro groups is 1. The number of nitro benzene ring substituents is 1. The van der Waals surface area contributed by atoms with E-state index in [2.05, 4.69) is 10.6 Å². The Morgan fingerprint density at radius 3 is 2.56 bits per heavy atom. The van der Waals surface area contributed by atoms with Crippen molar-refractivity contribution in [1.82, 2.24) is 5.32 Å². The SMILES string of the molecule is Cc1ccc(C=CC(=O)NC(=S)Nc2cc([N+](=O)[O-])ccc2O)cc1. The lowest BCUT2D eigenvalue weighted by Crippen LogP contribution is -2.32. The molecule has 0 aliphatic heterocycles. The van der Waals surface area contributed by atoms with Gasteiger partial charge in [0.1, 0.15) is 5.75 Å². The summed E-state index contributed by atoms with van der Waals surface area (Å²) in [5.74, 6) is -0.694. The Labute approximate surface area is 149 Å². The highest BCUT2D eigenvalue weighted by Crippen LogP contribution is 2.27. The van der Waals surface area contributed by atoms with Crippen LogP contribution in [0.25, 0.3) is 6.08 Å². The van der Waals surface area contributed by atoms with Crippen molar-refractivity contribution in [3.8, 4) is 5.75 Å². The summed E-state index contributed by atoms with van der Waals surface area (Å²) < 4.78 is 0. The zero-order valence-electron chi connectivity index (χ0n) is 13.2. The number of carbonyl (C=O) groups excluding carboxylic acids is 1. The molecule has 1 amide bonds. The molecular formula is C17H15N3O4S. The molecule has 128 valence electrons. The van der Waals surface area contributed by atoms with Gasteiger partial charge in [0.2, 0.25) is 5.91 Å². The molecule has 3 N–H and O–H groups in total. The van der Waals surface area contributed by atoms with Gasteiger partial charge in [0, 0.05) is 18.2 Å². The number of aryl methyl sites for hydroxylation is 1. The van der Waals surface area contributed by atoms with E-state index in [-0.39, 0.29) is 22.2 Å². The van der Waals surface area contributed by atoms with Crippen molar-refractivity contribution < 1.29 is 14.8 Å². The lowest BCUT2D eigenvalue weighted by atomic mass is 10.1. The van der Waals surface area contributed by atoms with E-state index in [9.17, 15) is 20.0 Å². The van der Waals surface area contributed by atoms with E-state index in [0.717, 1.165) is 23.3 Å². The summed E-state index contributed by atoms with van der Waals surface area (Å²) in [6.45, 7) is 1.97. The standard InChI is InChI=1S/C17H15N3O4S/c1-11-2-4-12(5-3-11)6-9-16(22)19-17(25)18-14-10-13(20(23)24)7-8-15(14)21/h2-10,21H,1H3,(H2,18,19,22,25). The predicted molar refractivity (Wildman–Crippen MR) is 99.3 cm³/mol. The number of aromatic hydroxyl groups is 1. The third-order valence-corrected chi connectivity index (χ3v) is 3.38. The van der Waals surface area contributed by atoms with Crippen LogP contribution >= 0.6 is 12.2 Å². The Morgan fingerprint density at radius 2 is 1.92 bits per heavy atom. The molecule has 0 aromatic heterocycles. The van der Waals surface area contributed by atoms with Crippen LogP contribution in [0.2, 0.25) is 0 Å². The Morgan fingerprint density at radius 1 is 1.24 bits per heavy atom. The summed E-state index contributed by atoms with van der Waals surface area (Å²) in [4.78, 5) is 22.0. The fraction of sp³-hybridized carbons (Fsp3) is 0.0588. The number of nitrogens with zero attached hydrogens (tertiary/aromatic N) is 1. The number of non-ortho nitro benzene ring substituents is 1. The van der Waals surface area contributed by atoms with Crippen LogP contribution in [0.3, 0.4) is 0 Å². The highest BCUT2D eigenvalue weighted by molar-refractivity contribution is 7.80. The van der Waals surface area contributed by atoms with Crippen molar-refractivity contribution in [2.75, 3.05) is 5.32 Å². The summed E-state index contributed by atoms with van der Waals surface area (Å²) in [5.41, 5.74) is 1.79. The maximum absolute atomic E-state index is 11.8. The summed E-state index contributed by atoms with van der Waals surface area (Å²) in [6, 6.07) is 11.0. The molecule has 0 heterocycles. The van der Waals surface area contributed by atoms with E-state index in [4.69, 9.17) is 12.2 Å². The minimum atomic E-state index is -0.601. The number of nitrogens with one attached hydrogen (secondary N) is 2. The molecule has 0 bridgehead atoms. The van der Waals surface area contributed by atoms with Crippen molar-refractivity contribution in [3.63, 3.8) is 0 Å². The first kappa shape index (κ1) is 18.1. The van der Waals surface area contributed by atoms with Crippen LogP contribution in [0.4, 0.5) is 11.4 Å². The summed E-state index contributed by atoms with van der Waals surface area (Å²) in [7, 11) is 0. The van der Waals surface area contributed by atoms with E-state index in [1.54, 1.807) is 6.08 Å². The number of hydrogen-bond donors (Lipinski definition) is 3. The number of anilines is 1. The zero-order chi connectivity index (χ0) is 18.4. The summed E-state index contributed by atoms with van der Waals surface area (Å²) >= 11 is 4.97. The number of phenols is 1. The van der Waals surface area contributed by atoms with Crippen molar-refractivity contribution >= 4 is 40.7 Å². The number of benzene rings is 2. The first-order chi connectivity index (χ1) is 11.8. The van der Waals surface area contributed by atoms with Crippen LogP contribution in [0.5, 0.6) is 5.75 Å². The first-order valence-electron chi connectivity index (χ1n) is 7.19. The largest absolute Gasteiger partial charge is 0.506 e. The second kappa shape index (κ2) is 8.02. The fourth-order valence-electron chi connectivity index (χ4n) is 1.89. The van der Waals surface area contributed by atoms with Gasteiger partial charge in [-0.1, -0.05) is 29.8 Å². The van der Waals surface area contributed by atoms with Gasteiger partial charge in [-0.3, -0.25) is 20.2 Å². The maximum atomic E-state index is 11.8. The Hall–Kier alpha value is -3.26. The molecule has 25 heavy (non-hydrogen) atoms. The van der Waals surface area contributed by atoms with Crippen molar-refractivity contribution in [3.05, 3.63) is 69.8 Å². The number of hydrogen-bond acceptors (Lipinski definition) is 5. The molecule has 2 aromatic carbocycles. The number of rotatable bonds is 4. The van der Waals surface area contributed by atoms with Crippen molar-refractivity contribution in [2.45, 2.75) is 6.92 Å². The van der Waals surface area contributed by atoms with E-state index in [1.807, 2.05) is 31.2 Å². The minimum absolute atomic E-state index is 0.0296. The number of thiocarbonyl (C=S) groups is 1. The normalized spacial score (nSPS) is 10.4. The molecule has 7 nitrogen and oxygen atoms in total. The lowest BCUT2D eigenvalue weighted by Gasteiger charge is -2.09. The third kappa shape index (κ3) is 5.40. The van der Waals surface area contributed by atoms with Crippen LogP contribution in [0.15, 0.2) is 48.5 Å². The van der Waals surface area contributed by atoms with Crippen molar-refractivity contribution in [1.29, 1.82) is 0 Å². The molecule has 0 aliphatic rings. The predicted octanol–water partition coefficient (Wildman–Crippen LogP) is 3.14. The monoisotopic (exact) mass is 357 g/mol. The molecule has 8 heteroatoms. The van der Waals surface area contributed by atoms with E-state index >= 15 is 0 Å². The quantitative estimate of drug-likeness (QED) is 0.255. The molecule has 0 unspecified atom stereocenters. The van der Waals surface area contributed by atoms with E-state index < -0.39 is 10.8 Å². The number of amides is 1. The van der Waals surface area contributed by atoms with Crippen LogP contribution in [0.1, 0.15) is 11.1 Å². The topological polar surface area (TPSA) is 104 Å². The molecule has 0 aliphatic carbocycles. The van der Waals surface area contributed by atoms with Gasteiger partial charge in [-0.15, -0.1) is 0 Å². The van der Waals surface area contributed by atoms with Gasteiger partial charge >= 0.3 is 0 Å². The first-order valence-corrected chi connectivity index (χ1v) is 7.60. The van der Waals surface area contributed by atoms with Crippen LogP contribution in [-0.2, 0) is 4.79 Å². The molecule has 0 atom stereocenters. The molecule has 0 fully saturated rings. The molecule has 0 spiro atoms. The molecule has 0 saturated heterocycles. The second-order valence-corrected chi connectivity index (χ2v) is 5.55. The van der Waals surface area contributed by atoms with Gasteiger partial charge in [-0.05, 0) is 36.8 Å². The summed E-state index contributed by atoms with van der Waals surface area (Å²) in [5, 5.41) is 25.3. The van der Waals surface area contributed by atoms with Crippen LogP contribution < -0.4 is 10.6 Å². The van der Waals surface area contributed by atoms with Gasteiger partial charge < -0.3 is 10.4 Å². The molecule has 2 rings (SSSR count). The smallest absolute Gasteiger partial charge is 0.271 e. The van der Waals surface area contributed by atoms with Gasteiger partial charge in [0.25, 0.3) is 5.69 Å². The molecule has 2 aromatic rings. The minimum Gasteiger partial charge on any atom is -0.506 e. The number of carbonyl (C=O) groups is 1. The average Bonchev–Trinajstić information content (AvgIpc) is 2.56. The molecule has 0 saturated carbocycles. The highest BCUT2D eigenvalue weighted by atomic mass is 32.1. The third-order valence-electron chi connectivity index (χ3n) is 3.18. The number of phenolic OH excluding ortho intramolecular Hbond substituents is 1. The van der Waals surface area contributed by atoms with E-state index in [1.165, 1.54) is 12.1 Å². The maximum Gasteiger partial charge on any atom is 0.271 e. The Balaban J connectivity index is 1.97. The van der Waals surface area contributed by atoms with E-state index in [0.29, 0.717) is 0 Å². The summed E-state index contributed by atoms with van der Waals surface area (Å²) in [6.07, 6.45) is 2.94. The van der Waals surface area contributed by atoms with Crippen molar-refractivity contribution in [2.24, 2.45) is 0 Å². The van der Waals surface area contributed by atoms with Gasteiger partial charge in [0.15, 0.2) is 5.11 Å². The average molecular weight is 357 g/mol. The fourth-order valence-corrected chi connectivity index (χ4v) is 2.10. The molecular weight excluding hydrogens is 342 g/mol. The Kier molecular flexibility index (Phi) is 5.80. The van der Waals surface area contributed by atoms with Gasteiger partial charge in [0.05, 0.1) is 10.6 Å². The highest BCUT2D eigenvalue weighted by Gasteiger charge is 2.11.